The zero-order valence-corrected chi connectivity index (χ0v) is 43.4. The molecule has 0 aliphatic carbocycles. The van der Waals surface area contributed by atoms with Crippen molar-refractivity contribution in [2.24, 2.45) is 0 Å². The van der Waals surface area contributed by atoms with Crippen LogP contribution in [0.1, 0.15) is 111 Å². The number of carbonyl (C=O) groups excluding carboxylic acids is 2. The van der Waals surface area contributed by atoms with Gasteiger partial charge in [0.1, 0.15) is 54.9 Å². The van der Waals surface area contributed by atoms with Crippen molar-refractivity contribution in [2.45, 2.75) is 232 Å². The molecular formula is C50H84N2O24+. The minimum absolute atomic E-state index is 0.168. The van der Waals surface area contributed by atoms with Crippen LogP contribution in [0.3, 0.4) is 0 Å². The van der Waals surface area contributed by atoms with Crippen LogP contribution in [-0.2, 0) is 52.3 Å². The van der Waals surface area contributed by atoms with Crippen molar-refractivity contribution in [1.29, 1.82) is 0 Å². The largest absolute Gasteiger partial charge is 0.477 e. The second-order valence-electron chi connectivity index (χ2n) is 19.8. The first-order valence-electron chi connectivity index (χ1n) is 26.2. The van der Waals surface area contributed by atoms with Crippen molar-refractivity contribution >= 4 is 17.8 Å². The maximum absolute atomic E-state index is 12.9. The number of unbranched alkanes of at least 4 members (excludes halogenated alkanes) is 11. The Bertz CT molecular complexity index is 1790. The van der Waals surface area contributed by atoms with Crippen molar-refractivity contribution in [1.82, 2.24) is 10.6 Å². The van der Waals surface area contributed by atoms with Gasteiger partial charge in [0.05, 0.1) is 63.1 Å². The Morgan fingerprint density at radius 3 is 1.92 bits per heavy atom. The third-order valence-electron chi connectivity index (χ3n) is 13.6. The molecule has 0 unspecified atom stereocenters. The number of carboxylic acid groups (broad SMARTS) is 1. The van der Waals surface area contributed by atoms with Crippen LogP contribution >= 0.6 is 0 Å². The number of nitrogens with one attached hydrogen (secondary N) is 2. The molecule has 26 nitrogen and oxygen atoms in total. The molecule has 4 heterocycles. The number of carbonyl (C=O) groups is 3. The fourth-order valence-electron chi connectivity index (χ4n) is 9.45. The van der Waals surface area contributed by atoms with Gasteiger partial charge in [-0.05, 0) is 18.9 Å². The number of aliphatic hydroxyl groups is 12. The fourth-order valence-corrected chi connectivity index (χ4v) is 9.45. The molecule has 0 aromatic carbocycles. The molecule has 3 fully saturated rings. The monoisotopic (exact) mass is 1100 g/mol. The van der Waals surface area contributed by atoms with E-state index in [1.54, 1.807) is 6.08 Å². The number of hydrogen-bond acceptors (Lipinski definition) is 23. The molecule has 0 spiro atoms. The maximum atomic E-state index is 12.9. The van der Waals surface area contributed by atoms with Gasteiger partial charge < -0.3 is 105 Å². The highest BCUT2D eigenvalue weighted by molar-refractivity contribution is 5.76. The van der Waals surface area contributed by atoms with Crippen molar-refractivity contribution < 1.29 is 119 Å². The summed E-state index contributed by atoms with van der Waals surface area (Å²) in [6.07, 6.45) is -8.86. The molecule has 3 saturated heterocycles. The van der Waals surface area contributed by atoms with E-state index in [1.165, 1.54) is 64.2 Å². The molecule has 0 aromatic rings. The predicted octanol–water partition coefficient (Wildman–Crippen LogP) is -2.70. The molecule has 0 saturated carbocycles. The third kappa shape index (κ3) is 18.7. The molecule has 2 amide bonds. The number of rotatable bonds is 33. The average Bonchev–Trinajstić information content (AvgIpc) is 3.39. The van der Waals surface area contributed by atoms with E-state index in [2.05, 4.69) is 17.6 Å². The summed E-state index contributed by atoms with van der Waals surface area (Å²) in [6.45, 7) is 1.61. The molecular weight excluding hydrogens is 1010 g/mol. The number of allylic oxidation sites excluding steroid dienone is 1. The first kappa shape index (κ1) is 65.3. The van der Waals surface area contributed by atoms with Gasteiger partial charge in [0.2, 0.25) is 24.4 Å². The second-order valence-corrected chi connectivity index (χ2v) is 19.8. The van der Waals surface area contributed by atoms with E-state index in [-0.39, 0.29) is 6.61 Å². The molecule has 1 radical (unpaired) electrons. The smallest absolute Gasteiger partial charge is 0.364 e. The van der Waals surface area contributed by atoms with E-state index in [0.29, 0.717) is 0 Å². The SMILES string of the molecule is CCCCCCCCCCCCC/C=C/[C@@H](O)[CH]CO[C@@H]1O[CH+][C@@H](O[C@@H]2OC=C[C@H](O[C@]3(CO)C[C@H](O)[C@@H](NC(C)=O)[C@H]([C@H](O)[C@@H](CO)O[C@]4(C(=O)O)C[C@H](O)[C@@H](NC(C)=O)[C@H]([C@H](O)[C@H](O)CO)O4)O3)[C@H]2O)[C@H](O)[C@H]1O. The van der Waals surface area contributed by atoms with Gasteiger partial charge in [-0.2, -0.15) is 4.74 Å². The highest BCUT2D eigenvalue weighted by atomic mass is 16.8. The second kappa shape index (κ2) is 32.2. The summed E-state index contributed by atoms with van der Waals surface area (Å²) in [5.41, 5.74) is 0. The lowest BCUT2D eigenvalue weighted by Crippen LogP contribution is -2.70. The topological polar surface area (TPSA) is 412 Å². The lowest BCUT2D eigenvalue weighted by molar-refractivity contribution is -0.365. The van der Waals surface area contributed by atoms with Crippen LogP contribution in [0.4, 0.5) is 0 Å². The maximum Gasteiger partial charge on any atom is 0.364 e. The van der Waals surface area contributed by atoms with Crippen LogP contribution in [-0.4, -0.2) is 232 Å². The molecule has 76 heavy (non-hydrogen) atoms. The van der Waals surface area contributed by atoms with Crippen molar-refractivity contribution in [3.05, 3.63) is 37.5 Å². The first-order valence-corrected chi connectivity index (χ1v) is 26.2. The highest BCUT2D eigenvalue weighted by Gasteiger charge is 2.59. The number of carboxylic acids is 1. The van der Waals surface area contributed by atoms with Gasteiger partial charge in [0, 0.05) is 33.1 Å². The van der Waals surface area contributed by atoms with Gasteiger partial charge in [0.15, 0.2) is 11.9 Å². The summed E-state index contributed by atoms with van der Waals surface area (Å²) in [5, 5.41) is 145. The molecule has 437 valence electrons. The predicted molar refractivity (Wildman–Crippen MR) is 261 cm³/mol. The summed E-state index contributed by atoms with van der Waals surface area (Å²) < 4.78 is 45.6. The van der Waals surface area contributed by atoms with E-state index in [4.69, 9.17) is 37.9 Å². The van der Waals surface area contributed by atoms with Crippen LogP contribution in [0.2, 0.25) is 0 Å². The summed E-state index contributed by atoms with van der Waals surface area (Å²) in [5.74, 6) is -9.07. The van der Waals surface area contributed by atoms with Gasteiger partial charge in [-0.15, -0.1) is 0 Å². The Morgan fingerprint density at radius 2 is 1.36 bits per heavy atom. The van der Waals surface area contributed by atoms with Crippen LogP contribution in [0, 0.1) is 13.0 Å². The summed E-state index contributed by atoms with van der Waals surface area (Å²) >= 11 is 0. The zero-order chi connectivity index (χ0) is 56.2. The van der Waals surface area contributed by atoms with E-state index in [1.807, 2.05) is 6.08 Å². The highest BCUT2D eigenvalue weighted by Crippen LogP contribution is 2.39. The van der Waals surface area contributed by atoms with Crippen molar-refractivity contribution in [2.75, 3.05) is 26.4 Å². The first-order chi connectivity index (χ1) is 36.2. The van der Waals surface area contributed by atoms with Gasteiger partial charge in [-0.1, -0.05) is 83.3 Å². The Hall–Kier alpha value is -3.20. The Balaban J connectivity index is 1.36. The molecule has 20 atom stereocenters. The minimum Gasteiger partial charge on any atom is -0.477 e. The van der Waals surface area contributed by atoms with E-state index >= 15 is 0 Å². The van der Waals surface area contributed by atoms with Crippen molar-refractivity contribution in [3.63, 3.8) is 0 Å². The number of hydrogen-bond donors (Lipinski definition) is 15. The van der Waals surface area contributed by atoms with Gasteiger partial charge in [-0.3, -0.25) is 14.3 Å². The fraction of sp³-hybridized carbons (Fsp3) is 0.820. The molecule has 0 aromatic heterocycles. The molecule has 26 heteroatoms. The number of aliphatic hydroxyl groups excluding tert-OH is 12. The van der Waals surface area contributed by atoms with Gasteiger partial charge in [0.25, 0.3) is 18.5 Å². The zero-order valence-electron chi connectivity index (χ0n) is 43.4. The Morgan fingerprint density at radius 1 is 0.763 bits per heavy atom. The lowest BCUT2D eigenvalue weighted by atomic mass is 9.87. The lowest BCUT2D eigenvalue weighted by Gasteiger charge is -2.51. The molecule has 15 N–H and O–H groups in total. The molecule has 4 aliphatic heterocycles. The quantitative estimate of drug-likeness (QED) is 0.0181. The van der Waals surface area contributed by atoms with E-state index in [0.717, 1.165) is 52.1 Å². The van der Waals surface area contributed by atoms with Crippen LogP contribution in [0.25, 0.3) is 0 Å². The standard InChI is InChI=1S/C50H83N2O24/c1-4-5-6-7-8-9-10-11-12-13-14-15-16-17-30(58)18-20-69-46-43(66)40(63)36(26-71-46)72-47-42(65)34(19-21-70-47)73-49(27-55)22-31(59)37(51-28(2)56)45(75-49)41(64)35(25-54)74-50(48(67)68)23-32(60)38(52-29(3)57)44(76-50)39(62)33(61)24-53/h16-19,21,26,30-47,53-55,58-66H,4-15,20,22-25,27H2,1-3H3,(H2-,51,52,56,57,67,68)/p+1/b17-16+/t30-,31+,32+,33-,34+,35-,36-,37-,38-,39-,40+,41-,42-,43-,44-,45-,46-,47+,49-,50-/m1/s1. The number of ether oxygens (including phenoxy) is 8. The van der Waals surface area contributed by atoms with Gasteiger partial charge in [-0.25, -0.2) is 4.79 Å². The Kier molecular flexibility index (Phi) is 27.6. The van der Waals surface area contributed by atoms with Crippen LogP contribution in [0.15, 0.2) is 24.5 Å². The Labute approximate surface area is 442 Å². The van der Waals surface area contributed by atoms with Crippen molar-refractivity contribution in [3.8, 4) is 0 Å². The van der Waals surface area contributed by atoms with E-state index < -0.39 is 172 Å². The van der Waals surface area contributed by atoms with Gasteiger partial charge >= 0.3 is 5.97 Å². The molecule has 4 aliphatic rings. The minimum atomic E-state index is -3.10. The summed E-state index contributed by atoms with van der Waals surface area (Å²) in [4.78, 5) is 37.3. The summed E-state index contributed by atoms with van der Waals surface area (Å²) in [7, 11) is 0. The normalized spacial score (nSPS) is 34.9. The molecule has 4 rings (SSSR count). The average molecular weight is 1100 g/mol. The number of amides is 2. The van der Waals surface area contributed by atoms with Crippen LogP contribution in [0.5, 0.6) is 0 Å². The number of aliphatic carboxylic acids is 1. The van der Waals surface area contributed by atoms with Crippen LogP contribution < -0.4 is 10.6 Å². The third-order valence-corrected chi connectivity index (χ3v) is 13.6. The molecule has 0 bridgehead atoms. The summed E-state index contributed by atoms with van der Waals surface area (Å²) in [6, 6.07) is -3.22. The van der Waals surface area contributed by atoms with E-state index in [9.17, 15) is 80.8 Å².